The second-order valence-corrected chi connectivity index (χ2v) is 3.99. The van der Waals surface area contributed by atoms with Crippen molar-refractivity contribution in [2.75, 3.05) is 0 Å². The summed E-state index contributed by atoms with van der Waals surface area (Å²) in [5.74, 6) is 0. The molecule has 0 bridgehead atoms. The van der Waals surface area contributed by atoms with Crippen LogP contribution in [0.15, 0.2) is 24.3 Å². The summed E-state index contributed by atoms with van der Waals surface area (Å²) in [5.41, 5.74) is 2.21. The van der Waals surface area contributed by atoms with E-state index < -0.39 is 0 Å². The number of hydrogen-bond acceptors (Lipinski definition) is 2. The molecule has 0 saturated carbocycles. The van der Waals surface area contributed by atoms with E-state index in [1.165, 1.54) is 0 Å². The standard InChI is InChI=1S/C10H10N2S2/c1-11-7-5-3-4-6-8(7)12(2)10(14)9(11)13/h3-6H,1-2H3. The Bertz CT molecular complexity index is 553. The molecular formula is C10H10N2S2. The molecule has 4 heteroatoms. The van der Waals surface area contributed by atoms with Crippen LogP contribution < -0.4 is 0 Å². The second-order valence-electron chi connectivity index (χ2n) is 3.22. The Labute approximate surface area is 92.4 Å². The first kappa shape index (κ1) is 9.55. The van der Waals surface area contributed by atoms with Crippen LogP contribution in [0.4, 0.5) is 0 Å². The van der Waals surface area contributed by atoms with Gasteiger partial charge in [-0.25, -0.2) is 0 Å². The molecule has 1 heterocycles. The van der Waals surface area contributed by atoms with E-state index in [-0.39, 0.29) is 0 Å². The van der Waals surface area contributed by atoms with E-state index in [1.807, 2.05) is 47.5 Å². The minimum absolute atomic E-state index is 0.709. The first-order valence-electron chi connectivity index (χ1n) is 4.27. The fraction of sp³-hybridized carbons (Fsp3) is 0.200. The molecule has 0 spiro atoms. The van der Waals surface area contributed by atoms with Gasteiger partial charge in [-0.05, 0) is 12.1 Å². The van der Waals surface area contributed by atoms with E-state index >= 15 is 0 Å². The largest absolute Gasteiger partial charge is 0.332 e. The Morgan fingerprint density at radius 2 is 1.21 bits per heavy atom. The molecule has 14 heavy (non-hydrogen) atoms. The molecule has 1 aromatic heterocycles. The molecule has 0 radical (unpaired) electrons. The average molecular weight is 222 g/mol. The number of rotatable bonds is 0. The highest BCUT2D eigenvalue weighted by molar-refractivity contribution is 7.73. The Morgan fingerprint density at radius 3 is 1.57 bits per heavy atom. The molecular weight excluding hydrogens is 212 g/mol. The van der Waals surface area contributed by atoms with E-state index in [2.05, 4.69) is 0 Å². The van der Waals surface area contributed by atoms with Gasteiger partial charge in [0.25, 0.3) is 0 Å². The van der Waals surface area contributed by atoms with Crippen molar-refractivity contribution in [3.8, 4) is 0 Å². The van der Waals surface area contributed by atoms with Gasteiger partial charge < -0.3 is 9.13 Å². The summed E-state index contributed by atoms with van der Waals surface area (Å²) in [7, 11) is 3.89. The maximum absolute atomic E-state index is 5.25. The number of aryl methyl sites for hydroxylation is 2. The summed E-state index contributed by atoms with van der Waals surface area (Å²) < 4.78 is 5.32. The van der Waals surface area contributed by atoms with Crippen molar-refractivity contribution in [3.05, 3.63) is 33.5 Å². The van der Waals surface area contributed by atoms with Gasteiger partial charge in [0.05, 0.1) is 11.0 Å². The topological polar surface area (TPSA) is 9.86 Å². The van der Waals surface area contributed by atoms with Crippen LogP contribution >= 0.6 is 24.4 Å². The SMILES string of the molecule is Cn1c(=S)c(=S)n(C)c2ccccc21. The molecule has 72 valence electrons. The summed E-state index contributed by atoms with van der Waals surface area (Å²) >= 11 is 10.5. The van der Waals surface area contributed by atoms with Crippen molar-refractivity contribution >= 4 is 35.5 Å². The molecule has 0 aliphatic rings. The number of nitrogens with zero attached hydrogens (tertiary/aromatic N) is 2. The van der Waals surface area contributed by atoms with Gasteiger partial charge in [-0.3, -0.25) is 0 Å². The summed E-state index contributed by atoms with van der Waals surface area (Å²) in [4.78, 5) is 0. The maximum Gasteiger partial charge on any atom is 0.141 e. The van der Waals surface area contributed by atoms with Crippen molar-refractivity contribution in [1.29, 1.82) is 0 Å². The highest BCUT2D eigenvalue weighted by Crippen LogP contribution is 2.13. The Balaban J connectivity index is 3.19. The third-order valence-corrected chi connectivity index (χ3v) is 3.46. The molecule has 0 amide bonds. The predicted molar refractivity (Wildman–Crippen MR) is 63.6 cm³/mol. The lowest BCUT2D eigenvalue weighted by atomic mass is 10.3. The lowest BCUT2D eigenvalue weighted by Crippen LogP contribution is -2.04. The van der Waals surface area contributed by atoms with Gasteiger partial charge in [0, 0.05) is 14.1 Å². The normalized spacial score (nSPS) is 10.7. The van der Waals surface area contributed by atoms with Crippen molar-refractivity contribution in [2.24, 2.45) is 14.1 Å². The zero-order valence-electron chi connectivity index (χ0n) is 8.02. The molecule has 0 fully saturated rings. The van der Waals surface area contributed by atoms with Crippen molar-refractivity contribution < 1.29 is 0 Å². The van der Waals surface area contributed by atoms with Gasteiger partial charge in [0.1, 0.15) is 9.28 Å². The number of aromatic nitrogens is 2. The van der Waals surface area contributed by atoms with Crippen molar-refractivity contribution in [2.45, 2.75) is 0 Å². The van der Waals surface area contributed by atoms with Crippen LogP contribution in [-0.4, -0.2) is 9.13 Å². The number of hydrogen-bond donors (Lipinski definition) is 0. The Kier molecular flexibility index (Phi) is 2.25. The van der Waals surface area contributed by atoms with E-state index in [0.29, 0.717) is 9.28 Å². The number of benzene rings is 1. The van der Waals surface area contributed by atoms with Crippen LogP contribution in [0.1, 0.15) is 0 Å². The Morgan fingerprint density at radius 1 is 0.857 bits per heavy atom. The van der Waals surface area contributed by atoms with Crippen LogP contribution in [0.2, 0.25) is 0 Å². The number of fused-ring (bicyclic) bond motifs is 1. The maximum atomic E-state index is 5.25. The molecule has 0 N–H and O–H groups in total. The third kappa shape index (κ3) is 1.22. The lowest BCUT2D eigenvalue weighted by molar-refractivity contribution is 0.843. The smallest absolute Gasteiger partial charge is 0.141 e. The zero-order chi connectivity index (χ0) is 10.3. The first-order chi connectivity index (χ1) is 6.63. The first-order valence-corrected chi connectivity index (χ1v) is 5.09. The van der Waals surface area contributed by atoms with Gasteiger partial charge in [0.15, 0.2) is 0 Å². The van der Waals surface area contributed by atoms with Crippen LogP contribution in [0.5, 0.6) is 0 Å². The molecule has 0 aliphatic heterocycles. The Hall–Kier alpha value is -1.00. The highest BCUT2D eigenvalue weighted by atomic mass is 32.1. The number of para-hydroxylation sites is 2. The summed E-state index contributed by atoms with van der Waals surface area (Å²) in [6.45, 7) is 0. The third-order valence-electron chi connectivity index (χ3n) is 2.40. The van der Waals surface area contributed by atoms with Gasteiger partial charge in [0.2, 0.25) is 0 Å². The predicted octanol–water partition coefficient (Wildman–Crippen LogP) is 2.98. The second kappa shape index (κ2) is 3.29. The van der Waals surface area contributed by atoms with Gasteiger partial charge in [-0.15, -0.1) is 0 Å². The van der Waals surface area contributed by atoms with Crippen LogP contribution in [-0.2, 0) is 14.1 Å². The van der Waals surface area contributed by atoms with Crippen molar-refractivity contribution in [1.82, 2.24) is 9.13 Å². The van der Waals surface area contributed by atoms with E-state index in [9.17, 15) is 0 Å². The zero-order valence-corrected chi connectivity index (χ0v) is 9.65. The summed E-state index contributed by atoms with van der Waals surface area (Å²) in [6, 6.07) is 8.08. The van der Waals surface area contributed by atoms with Crippen LogP contribution in [0.25, 0.3) is 11.0 Å². The average Bonchev–Trinajstić information content (AvgIpc) is 2.23. The molecule has 0 saturated heterocycles. The van der Waals surface area contributed by atoms with Crippen LogP contribution in [0, 0.1) is 9.28 Å². The summed E-state index contributed by atoms with van der Waals surface area (Å²) in [5, 5.41) is 0. The van der Waals surface area contributed by atoms with Gasteiger partial charge in [-0.2, -0.15) is 0 Å². The van der Waals surface area contributed by atoms with E-state index in [4.69, 9.17) is 24.4 Å². The van der Waals surface area contributed by atoms with Crippen molar-refractivity contribution in [3.63, 3.8) is 0 Å². The molecule has 2 rings (SSSR count). The molecule has 0 unspecified atom stereocenters. The molecule has 0 atom stereocenters. The quantitative estimate of drug-likeness (QED) is 0.634. The van der Waals surface area contributed by atoms with Crippen LogP contribution in [0.3, 0.4) is 0 Å². The van der Waals surface area contributed by atoms with Gasteiger partial charge >= 0.3 is 0 Å². The monoisotopic (exact) mass is 222 g/mol. The minimum atomic E-state index is 0.709. The van der Waals surface area contributed by atoms with E-state index in [1.54, 1.807) is 0 Å². The molecule has 2 aromatic rings. The summed E-state index contributed by atoms with van der Waals surface area (Å²) in [6.07, 6.45) is 0. The molecule has 0 aliphatic carbocycles. The fourth-order valence-corrected chi connectivity index (χ4v) is 2.01. The highest BCUT2D eigenvalue weighted by Gasteiger charge is 2.01. The molecule has 1 aromatic carbocycles. The fourth-order valence-electron chi connectivity index (χ4n) is 1.54. The van der Waals surface area contributed by atoms with E-state index in [0.717, 1.165) is 11.0 Å². The van der Waals surface area contributed by atoms with Gasteiger partial charge in [-0.1, -0.05) is 36.6 Å². The molecule has 2 nitrogen and oxygen atoms in total. The lowest BCUT2D eigenvalue weighted by Gasteiger charge is -2.10. The minimum Gasteiger partial charge on any atom is -0.332 e.